The number of carbonyl (C=O) groups is 1. The molecule has 0 radical (unpaired) electrons. The van der Waals surface area contributed by atoms with Gasteiger partial charge in [0.2, 0.25) is 5.91 Å². The highest BCUT2D eigenvalue weighted by Gasteiger charge is 2.24. The zero-order valence-corrected chi connectivity index (χ0v) is 12.2. The Morgan fingerprint density at radius 3 is 2.71 bits per heavy atom. The molecule has 1 amide bonds. The van der Waals surface area contributed by atoms with Crippen LogP contribution in [0.5, 0.6) is 0 Å². The van der Waals surface area contributed by atoms with Gasteiger partial charge in [0.25, 0.3) is 0 Å². The van der Waals surface area contributed by atoms with Crippen molar-refractivity contribution < 1.29 is 4.79 Å². The Hall–Kier alpha value is -0.280. The summed E-state index contributed by atoms with van der Waals surface area (Å²) < 4.78 is 0. The van der Waals surface area contributed by atoms with Crippen LogP contribution in [0.3, 0.4) is 0 Å². The maximum absolute atomic E-state index is 11.9. The molecule has 0 bridgehead atoms. The van der Waals surface area contributed by atoms with Gasteiger partial charge in [0.05, 0.1) is 0 Å². The summed E-state index contributed by atoms with van der Waals surface area (Å²) in [7, 11) is 3.90. The summed E-state index contributed by atoms with van der Waals surface area (Å²) in [6.45, 7) is 3.23. The van der Waals surface area contributed by atoms with E-state index in [0.29, 0.717) is 18.4 Å². The molecule has 4 heteroatoms. The lowest BCUT2D eigenvalue weighted by Gasteiger charge is -2.34. The third-order valence-corrected chi connectivity index (χ3v) is 3.67. The number of hydrogen-bond acceptors (Lipinski definition) is 2. The van der Waals surface area contributed by atoms with E-state index in [1.165, 1.54) is 25.7 Å². The van der Waals surface area contributed by atoms with E-state index in [0.717, 1.165) is 18.9 Å². The fourth-order valence-electron chi connectivity index (χ4n) is 2.55. The number of amides is 1. The summed E-state index contributed by atoms with van der Waals surface area (Å²) in [6.07, 6.45) is 6.62. The minimum Gasteiger partial charge on any atom is -0.343 e. The first-order chi connectivity index (χ1) is 7.65. The molecule has 0 aliphatic heterocycles. The quantitative estimate of drug-likeness (QED) is 0.772. The number of carbonyl (C=O) groups excluding carboxylic acids is 1. The highest BCUT2D eigenvalue weighted by Crippen LogP contribution is 2.26. The van der Waals surface area contributed by atoms with Crippen LogP contribution in [0.25, 0.3) is 0 Å². The van der Waals surface area contributed by atoms with E-state index in [1.54, 1.807) is 0 Å². The van der Waals surface area contributed by atoms with Gasteiger partial charge in [-0.25, -0.2) is 0 Å². The maximum atomic E-state index is 11.9. The van der Waals surface area contributed by atoms with Crippen LogP contribution in [0.2, 0.25) is 0 Å². The molecular weight excluding hydrogens is 236 g/mol. The Kier molecular flexibility index (Phi) is 8.61. The fraction of sp³-hybridized carbons (Fsp3) is 0.923. The van der Waals surface area contributed by atoms with Gasteiger partial charge in [-0.3, -0.25) is 4.79 Å². The molecule has 1 N–H and O–H groups in total. The van der Waals surface area contributed by atoms with Crippen molar-refractivity contribution in [1.82, 2.24) is 10.2 Å². The van der Waals surface area contributed by atoms with Crippen molar-refractivity contribution >= 4 is 18.3 Å². The first kappa shape index (κ1) is 16.7. The van der Waals surface area contributed by atoms with Gasteiger partial charge in [0, 0.05) is 19.5 Å². The van der Waals surface area contributed by atoms with Crippen LogP contribution in [0.4, 0.5) is 0 Å². The Morgan fingerprint density at radius 2 is 2.12 bits per heavy atom. The first-order valence-electron chi connectivity index (χ1n) is 6.55. The largest absolute Gasteiger partial charge is 0.343 e. The molecule has 102 valence electrons. The molecule has 0 heterocycles. The second kappa shape index (κ2) is 8.76. The second-order valence-electron chi connectivity index (χ2n) is 5.14. The third kappa shape index (κ3) is 5.73. The van der Waals surface area contributed by atoms with Crippen molar-refractivity contribution in [2.45, 2.75) is 51.5 Å². The molecule has 3 nitrogen and oxygen atoms in total. The van der Waals surface area contributed by atoms with E-state index in [9.17, 15) is 4.79 Å². The van der Waals surface area contributed by atoms with Crippen molar-refractivity contribution in [3.05, 3.63) is 0 Å². The average molecular weight is 263 g/mol. The van der Waals surface area contributed by atoms with Gasteiger partial charge in [-0.2, -0.15) is 0 Å². The van der Waals surface area contributed by atoms with Crippen molar-refractivity contribution in [2.75, 3.05) is 20.6 Å². The molecular formula is C13H27ClN2O. The van der Waals surface area contributed by atoms with Gasteiger partial charge in [-0.05, 0) is 38.8 Å². The Morgan fingerprint density at radius 1 is 1.41 bits per heavy atom. The topological polar surface area (TPSA) is 32.3 Å². The zero-order valence-electron chi connectivity index (χ0n) is 11.4. The highest BCUT2D eigenvalue weighted by atomic mass is 35.5. The van der Waals surface area contributed by atoms with E-state index >= 15 is 0 Å². The minimum atomic E-state index is 0. The lowest BCUT2D eigenvalue weighted by molar-refractivity contribution is -0.132. The van der Waals surface area contributed by atoms with Gasteiger partial charge in [-0.15, -0.1) is 12.4 Å². The maximum Gasteiger partial charge on any atom is 0.222 e. The van der Waals surface area contributed by atoms with E-state index < -0.39 is 0 Å². The summed E-state index contributed by atoms with van der Waals surface area (Å²) in [6, 6.07) is 0.492. The molecule has 17 heavy (non-hydrogen) atoms. The number of nitrogens with one attached hydrogen (secondary N) is 1. The van der Waals surface area contributed by atoms with Gasteiger partial charge in [0.1, 0.15) is 0 Å². The average Bonchev–Trinajstić information content (AvgIpc) is 2.28. The highest BCUT2D eigenvalue weighted by molar-refractivity contribution is 5.85. The second-order valence-corrected chi connectivity index (χ2v) is 5.14. The van der Waals surface area contributed by atoms with Gasteiger partial charge in [0.15, 0.2) is 0 Å². The third-order valence-electron chi connectivity index (χ3n) is 3.67. The SMILES string of the molecule is CNCCCC(=O)N(C)C1CCCC(C)C1.Cl. The number of halogens is 1. The molecule has 1 rings (SSSR count). The van der Waals surface area contributed by atoms with Gasteiger partial charge < -0.3 is 10.2 Å². The standard InChI is InChI=1S/C13H26N2O.ClH/c1-11-6-4-7-12(10-11)15(3)13(16)8-5-9-14-2;/h11-12,14H,4-10H2,1-3H3;1H. The lowest BCUT2D eigenvalue weighted by atomic mass is 9.86. The molecule has 0 aromatic carbocycles. The molecule has 1 saturated carbocycles. The Labute approximate surface area is 112 Å². The first-order valence-corrected chi connectivity index (χ1v) is 6.55. The molecule has 1 fully saturated rings. The smallest absolute Gasteiger partial charge is 0.222 e. The molecule has 1 aliphatic carbocycles. The predicted octanol–water partition coefficient (Wildman–Crippen LogP) is 2.44. The van der Waals surface area contributed by atoms with Crippen molar-refractivity contribution in [3.8, 4) is 0 Å². The van der Waals surface area contributed by atoms with Crippen LogP contribution >= 0.6 is 12.4 Å². The van der Waals surface area contributed by atoms with Crippen molar-refractivity contribution in [1.29, 1.82) is 0 Å². The molecule has 0 saturated heterocycles. The van der Waals surface area contributed by atoms with Crippen LogP contribution in [-0.4, -0.2) is 37.5 Å². The van der Waals surface area contributed by atoms with Gasteiger partial charge in [-0.1, -0.05) is 19.8 Å². The normalized spacial score (nSPS) is 23.9. The van der Waals surface area contributed by atoms with E-state index in [-0.39, 0.29) is 12.4 Å². The molecule has 0 spiro atoms. The predicted molar refractivity (Wildman–Crippen MR) is 74.6 cm³/mol. The van der Waals surface area contributed by atoms with Crippen LogP contribution < -0.4 is 5.32 Å². The van der Waals surface area contributed by atoms with Crippen LogP contribution in [0.15, 0.2) is 0 Å². The zero-order chi connectivity index (χ0) is 12.0. The van der Waals surface area contributed by atoms with E-state index in [1.807, 2.05) is 19.0 Å². The molecule has 1 aliphatic rings. The summed E-state index contributed by atoms with van der Waals surface area (Å²) in [4.78, 5) is 13.9. The molecule has 0 aromatic heterocycles. The lowest BCUT2D eigenvalue weighted by Crippen LogP contribution is -2.39. The minimum absolute atomic E-state index is 0. The van der Waals surface area contributed by atoms with E-state index in [4.69, 9.17) is 0 Å². The summed E-state index contributed by atoms with van der Waals surface area (Å²) >= 11 is 0. The Bertz CT molecular complexity index is 223. The number of nitrogens with zero attached hydrogens (tertiary/aromatic N) is 1. The summed E-state index contributed by atoms with van der Waals surface area (Å²) in [5.74, 6) is 1.10. The van der Waals surface area contributed by atoms with Crippen molar-refractivity contribution in [3.63, 3.8) is 0 Å². The van der Waals surface area contributed by atoms with Crippen LogP contribution in [0.1, 0.15) is 45.4 Å². The Balaban J connectivity index is 0.00000256. The van der Waals surface area contributed by atoms with Crippen LogP contribution in [-0.2, 0) is 4.79 Å². The van der Waals surface area contributed by atoms with E-state index in [2.05, 4.69) is 12.2 Å². The number of rotatable bonds is 5. The monoisotopic (exact) mass is 262 g/mol. The molecule has 0 aromatic rings. The number of hydrogen-bond donors (Lipinski definition) is 1. The summed E-state index contributed by atoms with van der Waals surface area (Å²) in [5.41, 5.74) is 0. The van der Waals surface area contributed by atoms with Crippen molar-refractivity contribution in [2.24, 2.45) is 5.92 Å². The molecule has 2 unspecified atom stereocenters. The summed E-state index contributed by atoms with van der Waals surface area (Å²) in [5, 5.41) is 3.08. The van der Waals surface area contributed by atoms with Gasteiger partial charge >= 0.3 is 0 Å². The molecule has 2 atom stereocenters. The fourth-order valence-corrected chi connectivity index (χ4v) is 2.55. The van der Waals surface area contributed by atoms with Crippen LogP contribution in [0, 0.1) is 5.92 Å².